The van der Waals surface area contributed by atoms with E-state index in [4.69, 9.17) is 9.94 Å². The summed E-state index contributed by atoms with van der Waals surface area (Å²) in [6.45, 7) is 6.08. The van der Waals surface area contributed by atoms with Gasteiger partial charge in [0.25, 0.3) is 0 Å². The first kappa shape index (κ1) is 13.4. The van der Waals surface area contributed by atoms with Crippen LogP contribution in [0.3, 0.4) is 0 Å². The van der Waals surface area contributed by atoms with E-state index in [-0.39, 0.29) is 12.6 Å². The number of hydrogen-bond donors (Lipinski definition) is 2. The first-order valence-corrected chi connectivity index (χ1v) is 5.57. The highest BCUT2D eigenvalue weighted by atomic mass is 16.7. The molecular weight excluding hydrogens is 210 g/mol. The van der Waals surface area contributed by atoms with Crippen molar-refractivity contribution in [3.8, 4) is 0 Å². The van der Waals surface area contributed by atoms with Gasteiger partial charge in [-0.1, -0.05) is 0 Å². The maximum absolute atomic E-state index is 11.5. The Kier molecular flexibility index (Phi) is 3.93. The van der Waals surface area contributed by atoms with Gasteiger partial charge in [-0.25, -0.2) is 4.79 Å². The molecule has 1 fully saturated rings. The predicted molar refractivity (Wildman–Crippen MR) is 58.4 cm³/mol. The lowest BCUT2D eigenvalue weighted by Crippen LogP contribution is -2.62. The largest absolute Gasteiger partial charge is 0.396 e. The minimum atomic E-state index is -0.805. The smallest absolute Gasteiger partial charge is 0.330 e. The van der Waals surface area contributed by atoms with E-state index in [2.05, 4.69) is 0 Å². The van der Waals surface area contributed by atoms with Crippen LogP contribution in [0.2, 0.25) is 0 Å². The summed E-state index contributed by atoms with van der Waals surface area (Å²) in [5.41, 5.74) is -1.33. The van der Waals surface area contributed by atoms with E-state index in [1.807, 2.05) is 0 Å². The molecule has 0 atom stereocenters. The van der Waals surface area contributed by atoms with Crippen molar-refractivity contribution in [3.63, 3.8) is 0 Å². The molecule has 0 unspecified atom stereocenters. The van der Waals surface area contributed by atoms with Gasteiger partial charge in [-0.3, -0.25) is 0 Å². The van der Waals surface area contributed by atoms with Crippen molar-refractivity contribution in [2.75, 3.05) is 19.7 Å². The van der Waals surface area contributed by atoms with Gasteiger partial charge in [-0.05, 0) is 33.6 Å². The van der Waals surface area contributed by atoms with E-state index >= 15 is 0 Å². The van der Waals surface area contributed by atoms with Gasteiger partial charge in [0.1, 0.15) is 0 Å². The number of carbonyl (C=O) groups is 1. The summed E-state index contributed by atoms with van der Waals surface area (Å²) in [6, 6.07) is 0. The number of aliphatic hydroxyl groups is 2. The monoisotopic (exact) mass is 231 g/mol. The number of hydroxylamine groups is 2. The summed E-state index contributed by atoms with van der Waals surface area (Å²) < 4.78 is 0. The van der Waals surface area contributed by atoms with E-state index in [0.29, 0.717) is 25.9 Å². The van der Waals surface area contributed by atoms with E-state index in [9.17, 15) is 9.90 Å². The highest BCUT2D eigenvalue weighted by molar-refractivity contribution is 5.75. The molecule has 0 amide bonds. The third-order valence-corrected chi connectivity index (χ3v) is 2.57. The molecule has 0 bridgehead atoms. The molecule has 1 aliphatic heterocycles. The van der Waals surface area contributed by atoms with Crippen LogP contribution in [-0.4, -0.2) is 46.5 Å². The number of nitrogens with zero attached hydrogens (tertiary/aromatic N) is 1. The van der Waals surface area contributed by atoms with Gasteiger partial charge >= 0.3 is 5.97 Å². The van der Waals surface area contributed by atoms with Crippen molar-refractivity contribution < 1.29 is 19.8 Å². The molecule has 0 aromatic heterocycles. The van der Waals surface area contributed by atoms with E-state index < -0.39 is 11.0 Å². The molecule has 0 aromatic carbocycles. The van der Waals surface area contributed by atoms with Gasteiger partial charge in [0, 0.05) is 6.61 Å². The summed E-state index contributed by atoms with van der Waals surface area (Å²) in [5.74, 6) is -0.295. The standard InChI is InChI=1S/C11H21NO4/c1-10(2,3)9(14)16-12-7-11(15,8-12)5-4-6-13/h13,15H,4-8H2,1-3H3. The molecule has 94 valence electrons. The van der Waals surface area contributed by atoms with Gasteiger partial charge in [-0.2, -0.15) is 0 Å². The van der Waals surface area contributed by atoms with Gasteiger partial charge in [0.2, 0.25) is 0 Å². The Morgan fingerprint density at radius 3 is 2.44 bits per heavy atom. The van der Waals surface area contributed by atoms with Gasteiger partial charge in [-0.15, -0.1) is 5.06 Å². The average Bonchev–Trinajstić information content (AvgIpc) is 2.10. The molecule has 1 saturated heterocycles. The maximum atomic E-state index is 11.5. The van der Waals surface area contributed by atoms with Crippen LogP contribution in [-0.2, 0) is 9.63 Å². The molecule has 1 rings (SSSR count). The third-order valence-electron chi connectivity index (χ3n) is 2.57. The number of rotatable bonds is 4. The van der Waals surface area contributed by atoms with Crippen LogP contribution in [0.4, 0.5) is 0 Å². The normalized spacial score (nSPS) is 20.3. The molecule has 16 heavy (non-hydrogen) atoms. The Morgan fingerprint density at radius 2 is 2.00 bits per heavy atom. The lowest BCUT2D eigenvalue weighted by atomic mass is 9.91. The Balaban J connectivity index is 2.28. The predicted octanol–water partition coefficient (Wildman–Crippen LogP) is 0.310. The molecule has 0 aromatic rings. The third kappa shape index (κ3) is 3.43. The molecule has 0 radical (unpaired) electrons. The fourth-order valence-electron chi connectivity index (χ4n) is 1.50. The highest BCUT2D eigenvalue weighted by Gasteiger charge is 2.43. The minimum Gasteiger partial charge on any atom is -0.396 e. The van der Waals surface area contributed by atoms with Gasteiger partial charge in [0.15, 0.2) is 0 Å². The lowest BCUT2D eigenvalue weighted by molar-refractivity contribution is -0.267. The van der Waals surface area contributed by atoms with Crippen LogP contribution in [0, 0.1) is 5.41 Å². The van der Waals surface area contributed by atoms with Crippen molar-refractivity contribution in [1.82, 2.24) is 5.06 Å². The summed E-state index contributed by atoms with van der Waals surface area (Å²) in [5, 5.41) is 20.0. The summed E-state index contributed by atoms with van der Waals surface area (Å²) in [7, 11) is 0. The Hall–Kier alpha value is -0.650. The van der Waals surface area contributed by atoms with Crippen molar-refractivity contribution in [3.05, 3.63) is 0 Å². The molecule has 1 heterocycles. The van der Waals surface area contributed by atoms with E-state index in [0.717, 1.165) is 0 Å². The summed E-state index contributed by atoms with van der Waals surface area (Å²) in [4.78, 5) is 16.6. The number of β-amino-alcohol motifs (C(OH)–C–C–N with tert-alkyl or cyclic N) is 1. The molecule has 5 heteroatoms. The summed E-state index contributed by atoms with van der Waals surface area (Å²) in [6.07, 6.45) is 1.10. The van der Waals surface area contributed by atoms with E-state index in [1.54, 1.807) is 20.8 Å². The maximum Gasteiger partial charge on any atom is 0.330 e. The fraction of sp³-hybridized carbons (Fsp3) is 0.909. The molecule has 5 nitrogen and oxygen atoms in total. The van der Waals surface area contributed by atoms with Crippen molar-refractivity contribution in [2.45, 2.75) is 39.2 Å². The van der Waals surface area contributed by atoms with Crippen LogP contribution in [0.5, 0.6) is 0 Å². The van der Waals surface area contributed by atoms with Crippen LogP contribution in [0.1, 0.15) is 33.6 Å². The highest BCUT2D eigenvalue weighted by Crippen LogP contribution is 2.27. The Labute approximate surface area is 96.0 Å². The zero-order chi connectivity index (χ0) is 12.4. The van der Waals surface area contributed by atoms with Gasteiger partial charge in [0.05, 0.1) is 24.1 Å². The second kappa shape index (κ2) is 4.69. The average molecular weight is 231 g/mol. The number of aliphatic hydroxyl groups excluding tert-OH is 1. The minimum absolute atomic E-state index is 0.0735. The van der Waals surface area contributed by atoms with Crippen LogP contribution >= 0.6 is 0 Å². The first-order chi connectivity index (χ1) is 7.27. The first-order valence-electron chi connectivity index (χ1n) is 5.57. The molecule has 0 spiro atoms. The zero-order valence-electron chi connectivity index (χ0n) is 10.2. The Morgan fingerprint density at radius 1 is 1.44 bits per heavy atom. The molecule has 2 N–H and O–H groups in total. The lowest BCUT2D eigenvalue weighted by Gasteiger charge is -2.45. The molecular formula is C11H21NO4. The van der Waals surface area contributed by atoms with Crippen LogP contribution < -0.4 is 0 Å². The van der Waals surface area contributed by atoms with Crippen molar-refractivity contribution >= 4 is 5.97 Å². The van der Waals surface area contributed by atoms with Gasteiger partial charge < -0.3 is 15.1 Å². The zero-order valence-corrected chi connectivity index (χ0v) is 10.2. The van der Waals surface area contributed by atoms with Crippen molar-refractivity contribution in [1.29, 1.82) is 0 Å². The second-order valence-electron chi connectivity index (χ2n) is 5.48. The van der Waals surface area contributed by atoms with Crippen LogP contribution in [0.15, 0.2) is 0 Å². The fourth-order valence-corrected chi connectivity index (χ4v) is 1.50. The van der Waals surface area contributed by atoms with E-state index in [1.165, 1.54) is 5.06 Å². The summed E-state index contributed by atoms with van der Waals surface area (Å²) >= 11 is 0. The molecule has 1 aliphatic rings. The van der Waals surface area contributed by atoms with Crippen LogP contribution in [0.25, 0.3) is 0 Å². The SMILES string of the molecule is CC(C)(C)C(=O)ON1CC(O)(CCCO)C1. The van der Waals surface area contributed by atoms with Crippen molar-refractivity contribution in [2.24, 2.45) is 5.41 Å². The molecule has 0 aliphatic carbocycles. The topological polar surface area (TPSA) is 70.0 Å². The molecule has 0 saturated carbocycles. The number of hydrogen-bond acceptors (Lipinski definition) is 5. The number of carbonyl (C=O) groups excluding carboxylic acids is 1. The Bertz CT molecular complexity index is 253. The second-order valence-corrected chi connectivity index (χ2v) is 5.48. The quantitative estimate of drug-likeness (QED) is 0.728.